The molecule has 0 saturated heterocycles. The molecule has 0 unspecified atom stereocenters. The molecule has 1 N–H and O–H groups in total. The molecule has 0 aliphatic carbocycles. The summed E-state index contributed by atoms with van der Waals surface area (Å²) in [6, 6.07) is 17.3. The Kier molecular flexibility index (Phi) is 9.04. The summed E-state index contributed by atoms with van der Waals surface area (Å²) in [6.45, 7) is 0.0848. The van der Waals surface area contributed by atoms with Gasteiger partial charge in [0.25, 0.3) is 0 Å². The molecule has 0 fully saturated rings. The van der Waals surface area contributed by atoms with Crippen LogP contribution in [0.3, 0.4) is 0 Å². The van der Waals surface area contributed by atoms with Gasteiger partial charge in [-0.25, -0.2) is 0 Å². The van der Waals surface area contributed by atoms with E-state index in [1.165, 1.54) is 27.4 Å². The van der Waals surface area contributed by atoms with Gasteiger partial charge >= 0.3 is 0 Å². The summed E-state index contributed by atoms with van der Waals surface area (Å²) >= 11 is 0. The fraction of sp³-hybridized carbons (Fsp3) is 0.250. The number of hydrogen-bond donors (Lipinski definition) is 1. The summed E-state index contributed by atoms with van der Waals surface area (Å²) < 4.78 is 43.8. The van der Waals surface area contributed by atoms with E-state index >= 15 is 0 Å². The van der Waals surface area contributed by atoms with Crippen molar-refractivity contribution in [2.75, 3.05) is 41.7 Å². The molecule has 200 valence electrons. The molecule has 0 aliphatic rings. The van der Waals surface area contributed by atoms with Crippen LogP contribution in [-0.4, -0.2) is 46.8 Å². The fourth-order valence-corrected chi connectivity index (χ4v) is 3.64. The number of aromatic hydroxyl groups is 1. The van der Waals surface area contributed by atoms with Crippen LogP contribution in [-0.2, 0) is 20.8 Å². The Morgan fingerprint density at radius 1 is 0.737 bits per heavy atom. The highest BCUT2D eigenvalue weighted by Crippen LogP contribution is 2.40. The van der Waals surface area contributed by atoms with Crippen molar-refractivity contribution in [3.05, 3.63) is 76.5 Å². The van der Waals surface area contributed by atoms with Crippen molar-refractivity contribution in [2.45, 2.75) is 6.61 Å². The minimum absolute atomic E-state index is 0.0232. The van der Waals surface area contributed by atoms with Gasteiger partial charge in [0, 0.05) is 39.5 Å². The van der Waals surface area contributed by atoms with Crippen LogP contribution in [0.4, 0.5) is 0 Å². The molecule has 4 aromatic rings. The molecule has 1 heterocycles. The Labute approximate surface area is 218 Å². The number of methoxy groups -OCH3 is 3. The largest absolute Gasteiger partial charge is 0.502 e. The molecule has 0 amide bonds. The van der Waals surface area contributed by atoms with Gasteiger partial charge in [-0.15, -0.1) is 0 Å². The van der Waals surface area contributed by atoms with Crippen LogP contribution < -0.4 is 24.4 Å². The molecule has 0 saturated carbocycles. The Morgan fingerprint density at radius 2 is 1.39 bits per heavy atom. The lowest BCUT2D eigenvalue weighted by Crippen LogP contribution is -2.08. The average Bonchev–Trinajstić information content (AvgIpc) is 2.95. The van der Waals surface area contributed by atoms with E-state index in [9.17, 15) is 9.90 Å². The van der Waals surface area contributed by atoms with Crippen molar-refractivity contribution in [1.29, 1.82) is 0 Å². The Bertz CT molecular complexity index is 1420. The van der Waals surface area contributed by atoms with Gasteiger partial charge in [-0.2, -0.15) is 0 Å². The van der Waals surface area contributed by atoms with Crippen molar-refractivity contribution in [1.82, 2.24) is 0 Å². The lowest BCUT2D eigenvalue weighted by atomic mass is 10.1. The fourth-order valence-electron chi connectivity index (χ4n) is 3.64. The van der Waals surface area contributed by atoms with Gasteiger partial charge < -0.3 is 42.7 Å². The van der Waals surface area contributed by atoms with Crippen LogP contribution in [0.1, 0.15) is 5.56 Å². The van der Waals surface area contributed by atoms with Gasteiger partial charge in [-0.05, 0) is 17.7 Å². The zero-order valence-corrected chi connectivity index (χ0v) is 21.2. The Morgan fingerprint density at radius 3 is 2.11 bits per heavy atom. The highest BCUT2D eigenvalue weighted by molar-refractivity contribution is 5.89. The third kappa shape index (κ3) is 6.17. The third-order valence-electron chi connectivity index (χ3n) is 5.36. The van der Waals surface area contributed by atoms with Crippen molar-refractivity contribution in [3.8, 4) is 40.1 Å². The van der Waals surface area contributed by atoms with Gasteiger partial charge in [-0.1, -0.05) is 30.3 Å². The van der Waals surface area contributed by atoms with Crippen LogP contribution in [0.2, 0.25) is 0 Å². The second kappa shape index (κ2) is 12.8. The predicted molar refractivity (Wildman–Crippen MR) is 138 cm³/mol. The normalized spacial score (nSPS) is 10.9. The third-order valence-corrected chi connectivity index (χ3v) is 5.36. The number of rotatable bonds is 13. The summed E-state index contributed by atoms with van der Waals surface area (Å²) in [5.41, 5.74) is 0.653. The molecule has 1 aromatic heterocycles. The molecule has 0 atom stereocenters. The van der Waals surface area contributed by atoms with Crippen LogP contribution in [0.15, 0.2) is 69.9 Å². The van der Waals surface area contributed by atoms with Gasteiger partial charge in [0.05, 0.1) is 5.56 Å². The summed E-state index contributed by atoms with van der Waals surface area (Å²) in [5.74, 6) is 0.514. The molecule has 4 rings (SSSR count). The van der Waals surface area contributed by atoms with E-state index in [1.54, 1.807) is 24.3 Å². The molecule has 3 aromatic carbocycles. The molecular weight excluding hydrogens is 496 g/mol. The minimum atomic E-state index is -0.681. The van der Waals surface area contributed by atoms with Gasteiger partial charge in [0.15, 0.2) is 26.1 Å². The smallest absolute Gasteiger partial charge is 0.238 e. The molecular formula is C28H28O10. The predicted octanol–water partition coefficient (Wildman–Crippen LogP) is 4.69. The molecule has 10 nitrogen and oxygen atoms in total. The van der Waals surface area contributed by atoms with E-state index in [1.807, 2.05) is 30.3 Å². The first-order chi connectivity index (χ1) is 18.5. The maximum atomic E-state index is 13.5. The molecule has 0 spiro atoms. The molecule has 10 heteroatoms. The maximum absolute atomic E-state index is 13.5. The van der Waals surface area contributed by atoms with Crippen molar-refractivity contribution in [2.24, 2.45) is 0 Å². The number of benzene rings is 3. The lowest BCUT2D eigenvalue weighted by molar-refractivity contribution is 0.0462. The average molecular weight is 525 g/mol. The van der Waals surface area contributed by atoms with E-state index in [-0.39, 0.29) is 55.2 Å². The van der Waals surface area contributed by atoms with Crippen molar-refractivity contribution >= 4 is 11.0 Å². The lowest BCUT2D eigenvalue weighted by Gasteiger charge is -2.15. The molecule has 38 heavy (non-hydrogen) atoms. The van der Waals surface area contributed by atoms with Gasteiger partial charge in [-0.3, -0.25) is 4.79 Å². The standard InChI is InChI=1S/C28H28O10/c1-31-15-35-19-9-10-21(22(11-19)37-17-33-3)28-27(30)26(29)25-23(34-14-18-7-5-4-6-8-18)12-20(36-16-32-2)13-24(25)38-28/h4-13,30H,14-17H2,1-3H3. The highest BCUT2D eigenvalue weighted by atomic mass is 16.7. The van der Waals surface area contributed by atoms with E-state index in [2.05, 4.69) is 0 Å². The van der Waals surface area contributed by atoms with E-state index in [4.69, 9.17) is 37.6 Å². The summed E-state index contributed by atoms with van der Waals surface area (Å²) in [5, 5.41) is 11.0. The van der Waals surface area contributed by atoms with Crippen molar-refractivity contribution in [3.63, 3.8) is 0 Å². The second-order valence-electron chi connectivity index (χ2n) is 7.99. The summed E-state index contributed by atoms with van der Waals surface area (Å²) in [7, 11) is 4.46. The Balaban J connectivity index is 1.83. The van der Waals surface area contributed by atoms with Gasteiger partial charge in [0.1, 0.15) is 40.6 Å². The van der Waals surface area contributed by atoms with E-state index < -0.39 is 11.2 Å². The second-order valence-corrected chi connectivity index (χ2v) is 7.99. The minimum Gasteiger partial charge on any atom is -0.502 e. The van der Waals surface area contributed by atoms with E-state index in [0.29, 0.717) is 17.1 Å². The quantitative estimate of drug-likeness (QED) is 0.247. The first-order valence-electron chi connectivity index (χ1n) is 11.6. The SMILES string of the molecule is COCOc1ccc(-c2oc3cc(OCOC)cc(OCc4ccccc4)c3c(=O)c2O)c(OCOC)c1. The molecule has 0 aliphatic heterocycles. The summed E-state index contributed by atoms with van der Waals surface area (Å²) in [4.78, 5) is 13.5. The first-order valence-corrected chi connectivity index (χ1v) is 11.6. The number of fused-ring (bicyclic) bond motifs is 1. The topological polar surface area (TPSA) is 115 Å². The van der Waals surface area contributed by atoms with Crippen LogP contribution >= 0.6 is 0 Å². The summed E-state index contributed by atoms with van der Waals surface area (Å²) in [6.07, 6.45) is 0. The van der Waals surface area contributed by atoms with Crippen molar-refractivity contribution < 1.29 is 42.7 Å². The highest BCUT2D eigenvalue weighted by Gasteiger charge is 2.23. The zero-order chi connectivity index (χ0) is 26.9. The van der Waals surface area contributed by atoms with Crippen LogP contribution in [0, 0.1) is 0 Å². The number of hydrogen-bond acceptors (Lipinski definition) is 10. The maximum Gasteiger partial charge on any atom is 0.238 e. The number of ether oxygens (including phenoxy) is 7. The first kappa shape index (κ1) is 26.8. The van der Waals surface area contributed by atoms with Crippen LogP contribution in [0.5, 0.6) is 28.7 Å². The van der Waals surface area contributed by atoms with Gasteiger partial charge in [0.2, 0.25) is 11.2 Å². The molecule has 0 radical (unpaired) electrons. The molecule has 0 bridgehead atoms. The Hall–Kier alpha value is -4.25. The zero-order valence-electron chi connectivity index (χ0n) is 21.2. The monoisotopic (exact) mass is 524 g/mol. The van der Waals surface area contributed by atoms with E-state index in [0.717, 1.165) is 5.56 Å². The van der Waals surface area contributed by atoms with Crippen LogP contribution in [0.25, 0.3) is 22.3 Å².